The number of amidine groups is 1. The van der Waals surface area contributed by atoms with Crippen molar-refractivity contribution in [3.63, 3.8) is 0 Å². The van der Waals surface area contributed by atoms with Crippen LogP contribution >= 0.6 is 0 Å². The molecule has 0 aromatic heterocycles. The normalized spacial score (nSPS) is 15.6. The van der Waals surface area contributed by atoms with Crippen molar-refractivity contribution in [3.05, 3.63) is 57.4 Å². The Morgan fingerprint density at radius 2 is 2.12 bits per heavy atom. The quantitative estimate of drug-likeness (QED) is 0.435. The fourth-order valence-corrected chi connectivity index (χ4v) is 2.53. The minimum Gasteiger partial charge on any atom is -0.399 e. The first kappa shape index (κ1) is 18.4. The lowest BCUT2D eigenvalue weighted by molar-refractivity contribution is -0.417. The van der Waals surface area contributed by atoms with Gasteiger partial charge >= 0.3 is 5.70 Å². The standard InChI is InChI=1S/C16H21N5O4/c1-12(18-24-2)14(19-25-3)15(21(22)23)16-17-9-10-20(16)11-13-7-5-4-6-8-13/h4-8,19H,9-11H2,1-3H3/b15-14+,18-12+. The van der Waals surface area contributed by atoms with E-state index >= 15 is 0 Å². The molecule has 1 aromatic rings. The number of allylic oxidation sites excluding steroid dienone is 1. The zero-order chi connectivity index (χ0) is 18.2. The highest BCUT2D eigenvalue weighted by atomic mass is 16.6. The van der Waals surface area contributed by atoms with Crippen LogP contribution in [-0.4, -0.2) is 48.7 Å². The summed E-state index contributed by atoms with van der Waals surface area (Å²) in [7, 11) is 2.74. The summed E-state index contributed by atoms with van der Waals surface area (Å²) in [5, 5.41) is 15.5. The first-order valence-corrected chi connectivity index (χ1v) is 7.68. The van der Waals surface area contributed by atoms with E-state index in [4.69, 9.17) is 9.68 Å². The molecule has 0 atom stereocenters. The highest BCUT2D eigenvalue weighted by Gasteiger charge is 2.34. The number of nitrogens with zero attached hydrogens (tertiary/aromatic N) is 4. The molecule has 0 unspecified atom stereocenters. The Balaban J connectivity index is 2.41. The largest absolute Gasteiger partial charge is 0.399 e. The summed E-state index contributed by atoms with van der Waals surface area (Å²) in [4.78, 5) is 27.1. The van der Waals surface area contributed by atoms with Crippen LogP contribution in [0.4, 0.5) is 0 Å². The summed E-state index contributed by atoms with van der Waals surface area (Å²) >= 11 is 0. The third-order valence-corrected chi connectivity index (χ3v) is 3.57. The van der Waals surface area contributed by atoms with Crippen LogP contribution in [0.25, 0.3) is 0 Å². The third-order valence-electron chi connectivity index (χ3n) is 3.57. The van der Waals surface area contributed by atoms with Crippen molar-refractivity contribution < 1.29 is 14.6 Å². The van der Waals surface area contributed by atoms with Crippen LogP contribution in [0.3, 0.4) is 0 Å². The molecule has 9 nitrogen and oxygen atoms in total. The number of hydroxylamine groups is 1. The van der Waals surface area contributed by atoms with Gasteiger partial charge in [0.2, 0.25) is 5.84 Å². The maximum absolute atomic E-state index is 11.8. The maximum Gasteiger partial charge on any atom is 0.338 e. The maximum atomic E-state index is 11.8. The number of aliphatic imine (C=N–C) groups is 1. The lowest BCUT2D eigenvalue weighted by Gasteiger charge is -2.20. The van der Waals surface area contributed by atoms with Gasteiger partial charge in [0.05, 0.1) is 18.6 Å². The third kappa shape index (κ3) is 4.54. The molecule has 1 aliphatic heterocycles. The molecule has 1 heterocycles. The summed E-state index contributed by atoms with van der Waals surface area (Å²) in [6.45, 7) is 3.20. The fourth-order valence-electron chi connectivity index (χ4n) is 2.53. The van der Waals surface area contributed by atoms with Crippen LogP contribution in [-0.2, 0) is 16.2 Å². The van der Waals surface area contributed by atoms with E-state index < -0.39 is 4.92 Å². The van der Waals surface area contributed by atoms with Gasteiger partial charge in [0.15, 0.2) is 5.70 Å². The van der Waals surface area contributed by atoms with Crippen LogP contribution in [0.15, 0.2) is 51.9 Å². The van der Waals surface area contributed by atoms with Crippen molar-refractivity contribution in [1.82, 2.24) is 10.4 Å². The van der Waals surface area contributed by atoms with Crippen LogP contribution in [0.2, 0.25) is 0 Å². The van der Waals surface area contributed by atoms with Gasteiger partial charge in [-0.2, -0.15) is 0 Å². The van der Waals surface area contributed by atoms with E-state index in [9.17, 15) is 10.1 Å². The van der Waals surface area contributed by atoms with Crippen LogP contribution in [0, 0.1) is 10.1 Å². The second-order valence-corrected chi connectivity index (χ2v) is 5.26. The number of benzene rings is 1. The predicted molar refractivity (Wildman–Crippen MR) is 93.4 cm³/mol. The van der Waals surface area contributed by atoms with Crippen LogP contribution in [0.1, 0.15) is 12.5 Å². The fraction of sp³-hybridized carbons (Fsp3) is 0.375. The van der Waals surface area contributed by atoms with E-state index in [1.54, 1.807) is 6.92 Å². The van der Waals surface area contributed by atoms with E-state index in [1.807, 2.05) is 35.2 Å². The Morgan fingerprint density at radius 3 is 2.72 bits per heavy atom. The average molecular weight is 347 g/mol. The number of nitro groups is 1. The van der Waals surface area contributed by atoms with Crippen LogP contribution in [0.5, 0.6) is 0 Å². The first-order valence-electron chi connectivity index (χ1n) is 7.68. The van der Waals surface area contributed by atoms with Gasteiger partial charge in [-0.1, -0.05) is 35.5 Å². The van der Waals surface area contributed by atoms with Gasteiger partial charge in [-0.3, -0.25) is 25.4 Å². The minimum atomic E-state index is -0.488. The molecule has 0 aliphatic carbocycles. The minimum absolute atomic E-state index is 0.105. The summed E-state index contributed by atoms with van der Waals surface area (Å²) < 4.78 is 0. The SMILES string of the molecule is CO/N=C(C)/C(NOC)=C(/C1=NCCN1Cc1ccccc1)[N+](=O)[O-]. The summed E-state index contributed by atoms with van der Waals surface area (Å²) in [6, 6.07) is 9.73. The number of rotatable bonds is 8. The van der Waals surface area contributed by atoms with Gasteiger partial charge in [0.1, 0.15) is 12.8 Å². The first-order chi connectivity index (χ1) is 12.1. The van der Waals surface area contributed by atoms with Gasteiger partial charge < -0.3 is 9.74 Å². The molecule has 25 heavy (non-hydrogen) atoms. The second kappa shape index (κ2) is 8.78. The molecule has 9 heteroatoms. The Bertz CT molecular complexity index is 700. The summed E-state index contributed by atoms with van der Waals surface area (Å²) in [5.74, 6) is 0.291. The van der Waals surface area contributed by atoms with Crippen LogP contribution < -0.4 is 5.48 Å². The lowest BCUT2D eigenvalue weighted by Crippen LogP contribution is -2.35. The molecule has 0 radical (unpaired) electrons. The van der Waals surface area contributed by atoms with Gasteiger partial charge in [0, 0.05) is 13.1 Å². The van der Waals surface area contributed by atoms with E-state index in [2.05, 4.69) is 15.6 Å². The van der Waals surface area contributed by atoms with E-state index in [1.165, 1.54) is 14.2 Å². The molecule has 0 fully saturated rings. The molecule has 0 saturated heterocycles. The van der Waals surface area contributed by atoms with E-state index in [-0.39, 0.29) is 17.1 Å². The smallest absolute Gasteiger partial charge is 0.338 e. The topological polar surface area (TPSA) is 102 Å². The molecule has 0 saturated carbocycles. The number of hydrogen-bond acceptors (Lipinski definition) is 8. The van der Waals surface area contributed by atoms with Crippen molar-refractivity contribution >= 4 is 11.5 Å². The number of hydrogen-bond donors (Lipinski definition) is 1. The lowest BCUT2D eigenvalue weighted by atomic mass is 10.2. The Labute approximate surface area is 145 Å². The molecule has 2 rings (SSSR count). The van der Waals surface area contributed by atoms with Crippen molar-refractivity contribution in [1.29, 1.82) is 0 Å². The average Bonchev–Trinajstić information content (AvgIpc) is 3.03. The molecule has 134 valence electrons. The highest BCUT2D eigenvalue weighted by molar-refractivity contribution is 6.07. The predicted octanol–water partition coefficient (Wildman–Crippen LogP) is 1.56. The van der Waals surface area contributed by atoms with Crippen molar-refractivity contribution in [2.75, 3.05) is 27.3 Å². The van der Waals surface area contributed by atoms with Crippen molar-refractivity contribution in [2.45, 2.75) is 13.5 Å². The molecular weight excluding hydrogens is 326 g/mol. The number of nitrogens with one attached hydrogen (secondary N) is 1. The van der Waals surface area contributed by atoms with E-state index in [0.717, 1.165) is 5.56 Å². The molecular formula is C16H21N5O4. The van der Waals surface area contributed by atoms with Crippen molar-refractivity contribution in [3.8, 4) is 0 Å². The Morgan fingerprint density at radius 1 is 1.40 bits per heavy atom. The van der Waals surface area contributed by atoms with Gasteiger partial charge in [-0.25, -0.2) is 0 Å². The molecule has 1 N–H and O–H groups in total. The monoisotopic (exact) mass is 347 g/mol. The summed E-state index contributed by atoms with van der Waals surface area (Å²) in [6.07, 6.45) is 0. The molecule has 0 spiro atoms. The highest BCUT2D eigenvalue weighted by Crippen LogP contribution is 2.18. The van der Waals surface area contributed by atoms with E-state index in [0.29, 0.717) is 25.5 Å². The molecule has 1 aromatic carbocycles. The Hall–Kier alpha value is -2.94. The molecule has 0 bridgehead atoms. The van der Waals surface area contributed by atoms with Gasteiger partial charge in [-0.15, -0.1) is 0 Å². The second-order valence-electron chi connectivity index (χ2n) is 5.26. The zero-order valence-electron chi connectivity index (χ0n) is 14.4. The van der Waals surface area contributed by atoms with Gasteiger partial charge in [-0.05, 0) is 12.5 Å². The zero-order valence-corrected chi connectivity index (χ0v) is 14.4. The Kier molecular flexibility index (Phi) is 6.47. The van der Waals surface area contributed by atoms with Gasteiger partial charge in [0.25, 0.3) is 0 Å². The molecule has 0 amide bonds. The number of oxime groups is 1. The summed E-state index contributed by atoms with van der Waals surface area (Å²) in [5.41, 5.74) is 3.76. The van der Waals surface area contributed by atoms with Crippen molar-refractivity contribution in [2.24, 2.45) is 10.1 Å². The molecule has 1 aliphatic rings.